The van der Waals surface area contributed by atoms with Crippen LogP contribution in [0.4, 0.5) is 0 Å². The van der Waals surface area contributed by atoms with Gasteiger partial charge in [0.05, 0.1) is 22.7 Å². The number of nitrogens with zero attached hydrogens (tertiary/aromatic N) is 1. The van der Waals surface area contributed by atoms with Crippen LogP contribution in [-0.4, -0.2) is 11.7 Å². The number of rotatable bonds is 3. The van der Waals surface area contributed by atoms with E-state index in [9.17, 15) is 0 Å². The number of benzene rings is 1. The lowest BCUT2D eigenvalue weighted by Crippen LogP contribution is -2.17. The van der Waals surface area contributed by atoms with E-state index in [1.165, 1.54) is 10.4 Å². The molecule has 0 bridgehead atoms. The molecule has 1 aliphatic heterocycles. The van der Waals surface area contributed by atoms with Crippen molar-refractivity contribution in [1.82, 2.24) is 5.32 Å². The van der Waals surface area contributed by atoms with Crippen LogP contribution in [0.3, 0.4) is 0 Å². The molecule has 0 saturated carbocycles. The van der Waals surface area contributed by atoms with Crippen molar-refractivity contribution < 1.29 is 0 Å². The van der Waals surface area contributed by atoms with Gasteiger partial charge in [-0.1, -0.05) is 53.7 Å². The minimum absolute atomic E-state index is 0.440. The van der Waals surface area contributed by atoms with Gasteiger partial charge in [-0.2, -0.15) is 0 Å². The topological polar surface area (TPSA) is 24.4 Å². The molecule has 2 heterocycles. The van der Waals surface area contributed by atoms with E-state index in [1.54, 1.807) is 23.1 Å². The van der Waals surface area contributed by atoms with Gasteiger partial charge in [-0.15, -0.1) is 11.3 Å². The molecule has 0 radical (unpaired) electrons. The SMILES string of the molecule is Clc1ccc(CNC2=NCC(c3ccccc3)S2)s1. The fourth-order valence-electron chi connectivity index (χ4n) is 1.92. The van der Waals surface area contributed by atoms with Crippen molar-refractivity contribution in [2.45, 2.75) is 11.8 Å². The zero-order chi connectivity index (χ0) is 13.1. The third-order valence-corrected chi connectivity index (χ3v) is 5.30. The summed E-state index contributed by atoms with van der Waals surface area (Å²) in [6.45, 7) is 1.65. The summed E-state index contributed by atoms with van der Waals surface area (Å²) in [5.74, 6) is 0. The van der Waals surface area contributed by atoms with Crippen molar-refractivity contribution in [2.24, 2.45) is 4.99 Å². The van der Waals surface area contributed by atoms with Crippen LogP contribution in [0.5, 0.6) is 0 Å². The fraction of sp³-hybridized carbons (Fsp3) is 0.214. The molecule has 1 aromatic carbocycles. The van der Waals surface area contributed by atoms with E-state index < -0.39 is 0 Å². The average Bonchev–Trinajstić information content (AvgIpc) is 3.06. The summed E-state index contributed by atoms with van der Waals surface area (Å²) >= 11 is 9.32. The minimum Gasteiger partial charge on any atom is -0.360 e. The number of hydrogen-bond acceptors (Lipinski definition) is 4. The monoisotopic (exact) mass is 308 g/mol. The van der Waals surface area contributed by atoms with Gasteiger partial charge in [0.25, 0.3) is 0 Å². The van der Waals surface area contributed by atoms with Gasteiger partial charge in [-0.25, -0.2) is 0 Å². The number of thioether (sulfide) groups is 1. The van der Waals surface area contributed by atoms with Crippen LogP contribution in [0.1, 0.15) is 15.7 Å². The van der Waals surface area contributed by atoms with E-state index in [4.69, 9.17) is 11.6 Å². The second-order valence-electron chi connectivity index (χ2n) is 4.22. The Hall–Kier alpha value is -0.970. The van der Waals surface area contributed by atoms with Crippen molar-refractivity contribution in [3.63, 3.8) is 0 Å². The Kier molecular flexibility index (Phi) is 4.11. The first-order valence-corrected chi connectivity index (χ1v) is 8.13. The summed E-state index contributed by atoms with van der Waals surface area (Å²) in [5, 5.41) is 4.84. The van der Waals surface area contributed by atoms with Crippen LogP contribution < -0.4 is 5.32 Å². The van der Waals surface area contributed by atoms with Crippen LogP contribution in [0, 0.1) is 0 Å². The second-order valence-corrected chi connectivity index (χ2v) is 7.21. The largest absolute Gasteiger partial charge is 0.360 e. The summed E-state index contributed by atoms with van der Waals surface area (Å²) in [4.78, 5) is 5.79. The van der Waals surface area contributed by atoms with Crippen molar-refractivity contribution in [3.05, 3.63) is 57.2 Å². The maximum atomic E-state index is 5.91. The van der Waals surface area contributed by atoms with Gasteiger partial charge >= 0.3 is 0 Å². The van der Waals surface area contributed by atoms with Crippen molar-refractivity contribution >= 4 is 39.9 Å². The zero-order valence-corrected chi connectivity index (χ0v) is 12.6. The standard InChI is InChI=1S/C14H13ClN2S2/c15-13-7-6-11(18-13)8-16-14-17-9-12(19-14)10-4-2-1-3-5-10/h1-7,12H,8-9H2,(H,16,17). The maximum Gasteiger partial charge on any atom is 0.157 e. The van der Waals surface area contributed by atoms with Crippen LogP contribution in [0.25, 0.3) is 0 Å². The minimum atomic E-state index is 0.440. The van der Waals surface area contributed by atoms with Crippen molar-refractivity contribution in [3.8, 4) is 0 Å². The highest BCUT2D eigenvalue weighted by atomic mass is 35.5. The highest BCUT2D eigenvalue weighted by molar-refractivity contribution is 8.14. The fourth-order valence-corrected chi connectivity index (χ4v) is 3.97. The third-order valence-electron chi connectivity index (χ3n) is 2.87. The zero-order valence-electron chi connectivity index (χ0n) is 10.2. The number of hydrogen-bond donors (Lipinski definition) is 1. The molecule has 2 nitrogen and oxygen atoms in total. The van der Waals surface area contributed by atoms with Crippen LogP contribution in [0.2, 0.25) is 4.34 Å². The molecule has 5 heteroatoms. The molecule has 1 aromatic heterocycles. The van der Waals surface area contributed by atoms with Crippen molar-refractivity contribution in [2.75, 3.05) is 6.54 Å². The van der Waals surface area contributed by atoms with Gasteiger partial charge in [-0.3, -0.25) is 4.99 Å². The van der Waals surface area contributed by atoms with Crippen LogP contribution in [0.15, 0.2) is 47.5 Å². The summed E-state index contributed by atoms with van der Waals surface area (Å²) in [5.41, 5.74) is 1.34. The first-order valence-electron chi connectivity index (χ1n) is 6.05. The van der Waals surface area contributed by atoms with E-state index in [0.717, 1.165) is 22.6 Å². The van der Waals surface area contributed by atoms with Gasteiger partial charge in [0, 0.05) is 4.88 Å². The molecule has 3 rings (SSSR count). The lowest BCUT2D eigenvalue weighted by molar-refractivity contribution is 0.925. The number of amidine groups is 1. The molecule has 1 N–H and O–H groups in total. The molecule has 1 aliphatic rings. The molecular weight excluding hydrogens is 296 g/mol. The average molecular weight is 309 g/mol. The number of thiophene rings is 1. The predicted octanol–water partition coefficient (Wildman–Crippen LogP) is 4.34. The molecule has 98 valence electrons. The van der Waals surface area contributed by atoms with E-state index in [2.05, 4.69) is 40.6 Å². The molecule has 0 spiro atoms. The Morgan fingerprint density at radius 1 is 1.21 bits per heavy atom. The molecule has 0 fully saturated rings. The van der Waals surface area contributed by atoms with Crippen molar-refractivity contribution in [1.29, 1.82) is 0 Å². The van der Waals surface area contributed by atoms with E-state index in [-0.39, 0.29) is 0 Å². The molecule has 0 saturated heterocycles. The lowest BCUT2D eigenvalue weighted by Gasteiger charge is -2.08. The van der Waals surface area contributed by atoms with E-state index >= 15 is 0 Å². The Labute approximate surface area is 125 Å². The van der Waals surface area contributed by atoms with Crippen LogP contribution >= 0.6 is 34.7 Å². The first-order chi connectivity index (χ1) is 9.31. The molecule has 0 aliphatic carbocycles. The van der Waals surface area contributed by atoms with E-state index in [0.29, 0.717) is 5.25 Å². The normalized spacial score (nSPS) is 18.4. The molecule has 19 heavy (non-hydrogen) atoms. The Balaban J connectivity index is 1.54. The summed E-state index contributed by atoms with van der Waals surface area (Å²) < 4.78 is 0.833. The molecule has 1 unspecified atom stereocenters. The molecular formula is C14H13ClN2S2. The van der Waals surface area contributed by atoms with Gasteiger partial charge in [0.15, 0.2) is 5.17 Å². The highest BCUT2D eigenvalue weighted by Crippen LogP contribution is 2.34. The van der Waals surface area contributed by atoms with E-state index in [1.807, 2.05) is 12.1 Å². The predicted molar refractivity (Wildman–Crippen MR) is 85.2 cm³/mol. The first kappa shape index (κ1) is 13.0. The maximum absolute atomic E-state index is 5.91. The molecule has 1 atom stereocenters. The third kappa shape index (κ3) is 3.32. The lowest BCUT2D eigenvalue weighted by atomic mass is 10.1. The second kappa shape index (κ2) is 5.99. The summed E-state index contributed by atoms with van der Waals surface area (Å²) in [6.07, 6.45) is 0. The van der Waals surface area contributed by atoms with Gasteiger partial charge in [0.1, 0.15) is 0 Å². The smallest absolute Gasteiger partial charge is 0.157 e. The Morgan fingerprint density at radius 3 is 2.79 bits per heavy atom. The quantitative estimate of drug-likeness (QED) is 0.912. The highest BCUT2D eigenvalue weighted by Gasteiger charge is 2.20. The molecule has 0 amide bonds. The summed E-state index contributed by atoms with van der Waals surface area (Å²) in [7, 11) is 0. The Bertz CT molecular complexity index is 580. The molecule has 2 aromatic rings. The Morgan fingerprint density at radius 2 is 2.05 bits per heavy atom. The number of aliphatic imine (C=N–C) groups is 1. The van der Waals surface area contributed by atoms with Gasteiger partial charge in [-0.05, 0) is 17.7 Å². The number of nitrogens with one attached hydrogen (secondary N) is 1. The van der Waals surface area contributed by atoms with Gasteiger partial charge < -0.3 is 5.32 Å². The van der Waals surface area contributed by atoms with Gasteiger partial charge in [0.2, 0.25) is 0 Å². The van der Waals surface area contributed by atoms with Crippen LogP contribution in [-0.2, 0) is 6.54 Å². The summed E-state index contributed by atoms with van der Waals surface area (Å²) in [6, 6.07) is 14.5. The number of halogens is 1.